The van der Waals surface area contributed by atoms with Crippen LogP contribution in [0.5, 0.6) is 5.75 Å². The maximum Gasteiger partial charge on any atom is 0.152 e. The average Bonchev–Trinajstić information content (AvgIpc) is 2.16. The minimum atomic E-state index is -0.383. The Morgan fingerprint density at radius 3 is 2.71 bits per heavy atom. The Morgan fingerprint density at radius 1 is 1.64 bits per heavy atom. The Kier molecular flexibility index (Phi) is 3.23. The second kappa shape index (κ2) is 4.22. The van der Waals surface area contributed by atoms with Crippen LogP contribution in [0.25, 0.3) is 5.57 Å². The summed E-state index contributed by atoms with van der Waals surface area (Å²) in [6.07, 6.45) is 0.712. The van der Waals surface area contributed by atoms with Crippen LogP contribution in [0.3, 0.4) is 0 Å². The van der Waals surface area contributed by atoms with Crippen LogP contribution in [-0.4, -0.2) is 12.1 Å². The Balaban J connectivity index is 3.30. The topological polar surface area (TPSA) is 22.1 Å². The molecule has 1 rings (SSSR count). The van der Waals surface area contributed by atoms with Crippen molar-refractivity contribution in [1.82, 2.24) is 4.98 Å². The molecule has 0 atom stereocenters. The maximum absolute atomic E-state index is 13.4. The first-order chi connectivity index (χ1) is 6.60. The maximum atomic E-state index is 13.4. The fourth-order valence-corrected chi connectivity index (χ4v) is 1.24. The summed E-state index contributed by atoms with van der Waals surface area (Å²) >= 11 is 0. The molecule has 3 heteroatoms. The number of rotatable bonds is 3. The molecule has 0 amide bonds. The Labute approximate surface area is 83.4 Å². The van der Waals surface area contributed by atoms with Crippen molar-refractivity contribution in [3.05, 3.63) is 29.9 Å². The summed E-state index contributed by atoms with van der Waals surface area (Å²) in [6, 6.07) is 1.36. The minimum absolute atomic E-state index is 0.322. The fraction of sp³-hybridized carbons (Fsp3) is 0.364. The largest absolute Gasteiger partial charge is 0.495 e. The highest BCUT2D eigenvalue weighted by Crippen LogP contribution is 2.23. The van der Waals surface area contributed by atoms with Crippen LogP contribution in [0.4, 0.5) is 4.39 Å². The molecule has 0 saturated heterocycles. The van der Waals surface area contributed by atoms with Crippen LogP contribution >= 0.6 is 0 Å². The van der Waals surface area contributed by atoms with E-state index in [1.165, 1.54) is 13.2 Å². The van der Waals surface area contributed by atoms with Crippen molar-refractivity contribution in [3.8, 4) is 5.75 Å². The van der Waals surface area contributed by atoms with E-state index in [0.717, 1.165) is 5.69 Å². The number of ether oxygens (including phenoxy) is 1. The molecule has 1 aromatic rings. The predicted octanol–water partition coefficient (Wildman–Crippen LogP) is 2.82. The molecule has 0 aliphatic rings. The van der Waals surface area contributed by atoms with E-state index < -0.39 is 0 Å². The number of halogens is 1. The number of aryl methyl sites for hydroxylation is 1. The van der Waals surface area contributed by atoms with Gasteiger partial charge in [0.1, 0.15) is 11.4 Å². The molecule has 76 valence electrons. The van der Waals surface area contributed by atoms with Gasteiger partial charge in [0.15, 0.2) is 5.82 Å². The molecule has 1 aromatic heterocycles. The lowest BCUT2D eigenvalue weighted by Crippen LogP contribution is -2.00. The van der Waals surface area contributed by atoms with E-state index in [4.69, 9.17) is 4.74 Å². The van der Waals surface area contributed by atoms with Crippen LogP contribution in [0, 0.1) is 5.82 Å². The summed E-state index contributed by atoms with van der Waals surface area (Å²) in [5.74, 6) is 0.113. The highest BCUT2D eigenvalue weighted by atomic mass is 19.1. The summed E-state index contributed by atoms with van der Waals surface area (Å²) in [6.45, 7) is 7.36. The van der Waals surface area contributed by atoms with Crippen LogP contribution in [0.1, 0.15) is 25.2 Å². The third kappa shape index (κ3) is 1.92. The molecule has 1 heterocycles. The lowest BCUT2D eigenvalue weighted by molar-refractivity contribution is 0.402. The Morgan fingerprint density at radius 2 is 2.29 bits per heavy atom. The molecule has 2 nitrogen and oxygen atoms in total. The molecule has 0 radical (unpaired) electrons. The molecular formula is C11H14FNO. The average molecular weight is 195 g/mol. The zero-order valence-electron chi connectivity index (χ0n) is 8.72. The molecule has 0 bridgehead atoms. The molecule has 0 unspecified atom stereocenters. The normalized spacial score (nSPS) is 10.0. The van der Waals surface area contributed by atoms with E-state index in [2.05, 4.69) is 11.6 Å². The van der Waals surface area contributed by atoms with E-state index in [0.29, 0.717) is 23.4 Å². The van der Waals surface area contributed by atoms with Gasteiger partial charge >= 0.3 is 0 Å². The van der Waals surface area contributed by atoms with E-state index in [1.54, 1.807) is 6.92 Å². The van der Waals surface area contributed by atoms with Crippen molar-refractivity contribution < 1.29 is 9.13 Å². The highest BCUT2D eigenvalue weighted by Gasteiger charge is 2.11. The highest BCUT2D eigenvalue weighted by molar-refractivity contribution is 5.59. The van der Waals surface area contributed by atoms with Crippen LogP contribution in [0.2, 0.25) is 0 Å². The SMILES string of the molecule is C=C(C)c1nc(CC)c(OC)cc1F. The second-order valence-corrected chi connectivity index (χ2v) is 3.10. The zero-order valence-corrected chi connectivity index (χ0v) is 8.72. The summed E-state index contributed by atoms with van der Waals surface area (Å²) in [7, 11) is 1.51. The number of hydrogen-bond acceptors (Lipinski definition) is 2. The third-order valence-corrected chi connectivity index (χ3v) is 1.97. The van der Waals surface area contributed by atoms with Gasteiger partial charge in [0.2, 0.25) is 0 Å². The van der Waals surface area contributed by atoms with Gasteiger partial charge in [0.25, 0.3) is 0 Å². The number of aromatic nitrogens is 1. The lowest BCUT2D eigenvalue weighted by Gasteiger charge is -2.09. The quantitative estimate of drug-likeness (QED) is 0.739. The number of allylic oxidation sites excluding steroid dienone is 1. The van der Waals surface area contributed by atoms with Crippen LogP contribution in [0.15, 0.2) is 12.6 Å². The summed E-state index contributed by atoms with van der Waals surface area (Å²) in [5, 5.41) is 0. The van der Waals surface area contributed by atoms with E-state index in [1.807, 2.05) is 6.92 Å². The molecular weight excluding hydrogens is 181 g/mol. The van der Waals surface area contributed by atoms with Gasteiger partial charge < -0.3 is 4.74 Å². The molecule has 0 saturated carbocycles. The zero-order chi connectivity index (χ0) is 10.7. The first-order valence-electron chi connectivity index (χ1n) is 4.49. The minimum Gasteiger partial charge on any atom is -0.495 e. The van der Waals surface area contributed by atoms with Crippen molar-refractivity contribution >= 4 is 5.57 Å². The van der Waals surface area contributed by atoms with Crippen LogP contribution < -0.4 is 4.74 Å². The van der Waals surface area contributed by atoms with Crippen molar-refractivity contribution in [1.29, 1.82) is 0 Å². The number of nitrogens with zero attached hydrogens (tertiary/aromatic N) is 1. The Bertz CT molecular complexity index is 361. The van der Waals surface area contributed by atoms with Gasteiger partial charge in [-0.05, 0) is 18.9 Å². The van der Waals surface area contributed by atoms with Crippen molar-refractivity contribution in [2.75, 3.05) is 7.11 Å². The van der Waals surface area contributed by atoms with Crippen molar-refractivity contribution in [2.24, 2.45) is 0 Å². The standard InChI is InChI=1S/C11H14FNO/c1-5-9-10(14-4)6-8(12)11(13-9)7(2)3/h6H,2,5H2,1,3-4H3. The van der Waals surface area contributed by atoms with E-state index >= 15 is 0 Å². The number of pyridine rings is 1. The van der Waals surface area contributed by atoms with Gasteiger partial charge in [-0.15, -0.1) is 0 Å². The monoisotopic (exact) mass is 195 g/mol. The van der Waals surface area contributed by atoms with Gasteiger partial charge in [0.05, 0.1) is 12.8 Å². The van der Waals surface area contributed by atoms with Crippen LogP contribution in [-0.2, 0) is 6.42 Å². The molecule has 0 fully saturated rings. The Hall–Kier alpha value is -1.38. The van der Waals surface area contributed by atoms with Gasteiger partial charge in [-0.2, -0.15) is 0 Å². The van der Waals surface area contributed by atoms with Gasteiger partial charge in [0, 0.05) is 6.07 Å². The molecule has 14 heavy (non-hydrogen) atoms. The van der Waals surface area contributed by atoms with E-state index in [-0.39, 0.29) is 5.82 Å². The van der Waals surface area contributed by atoms with Gasteiger partial charge in [-0.1, -0.05) is 13.5 Å². The number of methoxy groups -OCH3 is 1. The molecule has 0 aliphatic heterocycles. The molecule has 0 spiro atoms. The predicted molar refractivity (Wildman–Crippen MR) is 54.8 cm³/mol. The molecule has 0 N–H and O–H groups in total. The summed E-state index contributed by atoms with van der Waals surface area (Å²) < 4.78 is 18.4. The van der Waals surface area contributed by atoms with Crippen molar-refractivity contribution in [3.63, 3.8) is 0 Å². The first kappa shape index (κ1) is 10.7. The van der Waals surface area contributed by atoms with E-state index in [9.17, 15) is 4.39 Å². The summed E-state index contributed by atoms with van der Waals surface area (Å²) in [4.78, 5) is 4.16. The second-order valence-electron chi connectivity index (χ2n) is 3.10. The number of hydrogen-bond donors (Lipinski definition) is 0. The molecule has 0 aliphatic carbocycles. The third-order valence-electron chi connectivity index (χ3n) is 1.97. The summed E-state index contributed by atoms with van der Waals surface area (Å²) in [5.41, 5.74) is 1.70. The first-order valence-corrected chi connectivity index (χ1v) is 4.49. The lowest BCUT2D eigenvalue weighted by atomic mass is 10.1. The fourth-order valence-electron chi connectivity index (χ4n) is 1.24. The molecule has 0 aromatic carbocycles. The van der Waals surface area contributed by atoms with Crippen molar-refractivity contribution in [2.45, 2.75) is 20.3 Å². The smallest absolute Gasteiger partial charge is 0.152 e. The van der Waals surface area contributed by atoms with Gasteiger partial charge in [-0.3, -0.25) is 0 Å². The van der Waals surface area contributed by atoms with Gasteiger partial charge in [-0.25, -0.2) is 9.37 Å².